The first-order chi connectivity index (χ1) is 7.18. The second kappa shape index (κ2) is 3.57. The van der Waals surface area contributed by atoms with Gasteiger partial charge in [-0.25, -0.2) is 4.39 Å². The molecule has 1 heterocycles. The van der Waals surface area contributed by atoms with Crippen molar-refractivity contribution in [3.63, 3.8) is 0 Å². The molecule has 15 heavy (non-hydrogen) atoms. The van der Waals surface area contributed by atoms with Crippen molar-refractivity contribution in [3.8, 4) is 11.1 Å². The van der Waals surface area contributed by atoms with Crippen LogP contribution in [-0.2, 0) is 0 Å². The number of halogens is 1. The molecule has 0 radical (unpaired) electrons. The van der Waals surface area contributed by atoms with Crippen molar-refractivity contribution in [1.29, 1.82) is 0 Å². The minimum atomic E-state index is -0.497. The van der Waals surface area contributed by atoms with E-state index in [2.05, 4.69) is 4.98 Å². The van der Waals surface area contributed by atoms with Gasteiger partial charge in [-0.15, -0.1) is 0 Å². The number of aromatic nitrogens is 1. The Kier molecular flexibility index (Phi) is 2.25. The summed E-state index contributed by atoms with van der Waals surface area (Å²) in [5.41, 5.74) is 6.09. The summed E-state index contributed by atoms with van der Waals surface area (Å²) in [6.07, 6.45) is 1.47. The molecule has 0 amide bonds. The Morgan fingerprint density at radius 1 is 1.27 bits per heavy atom. The summed E-state index contributed by atoms with van der Waals surface area (Å²) in [4.78, 5) is 13.5. The number of anilines is 1. The Bertz CT molecular complexity index is 548. The average molecular weight is 204 g/mol. The number of nitrogens with two attached hydrogens (primary N) is 1. The van der Waals surface area contributed by atoms with E-state index in [1.807, 2.05) is 0 Å². The molecule has 76 valence electrons. The topological polar surface area (TPSA) is 58.9 Å². The lowest BCUT2D eigenvalue weighted by molar-refractivity contribution is 0.636. The molecular formula is C11H9FN2O. The molecule has 0 saturated carbocycles. The highest BCUT2D eigenvalue weighted by molar-refractivity contribution is 5.67. The molecule has 0 fully saturated rings. The molecular weight excluding hydrogens is 195 g/mol. The second-order valence-electron chi connectivity index (χ2n) is 3.15. The summed E-state index contributed by atoms with van der Waals surface area (Å²) < 4.78 is 13.6. The van der Waals surface area contributed by atoms with E-state index in [4.69, 9.17) is 5.73 Å². The summed E-state index contributed by atoms with van der Waals surface area (Å²) >= 11 is 0. The molecule has 4 heteroatoms. The van der Waals surface area contributed by atoms with E-state index < -0.39 is 5.82 Å². The van der Waals surface area contributed by atoms with Crippen LogP contribution in [0.25, 0.3) is 11.1 Å². The van der Waals surface area contributed by atoms with Crippen molar-refractivity contribution >= 4 is 5.69 Å². The third-order valence-electron chi connectivity index (χ3n) is 2.11. The normalized spacial score (nSPS) is 10.2. The molecule has 0 saturated heterocycles. The van der Waals surface area contributed by atoms with Gasteiger partial charge >= 0.3 is 0 Å². The Balaban J connectivity index is 2.64. The first-order valence-electron chi connectivity index (χ1n) is 4.41. The number of rotatable bonds is 1. The number of benzene rings is 1. The molecule has 0 aliphatic carbocycles. The monoisotopic (exact) mass is 204 g/mol. The number of pyridine rings is 1. The summed E-state index contributed by atoms with van der Waals surface area (Å²) in [5, 5.41) is 0. The number of hydrogen-bond donors (Lipinski definition) is 2. The van der Waals surface area contributed by atoms with E-state index in [1.165, 1.54) is 18.3 Å². The molecule has 1 aromatic carbocycles. The standard InChI is InChI=1S/C11H9FN2O/c12-11-8(2-1-3-9(11)13)7-4-5-14-10(15)6-7/h1-6H,13H2,(H,14,15). The van der Waals surface area contributed by atoms with Crippen LogP contribution < -0.4 is 11.3 Å². The lowest BCUT2D eigenvalue weighted by Gasteiger charge is -2.04. The fourth-order valence-electron chi connectivity index (χ4n) is 1.38. The highest BCUT2D eigenvalue weighted by atomic mass is 19.1. The fraction of sp³-hybridized carbons (Fsp3) is 0. The smallest absolute Gasteiger partial charge is 0.248 e. The van der Waals surface area contributed by atoms with Crippen LogP contribution in [0.1, 0.15) is 0 Å². The van der Waals surface area contributed by atoms with Crippen molar-refractivity contribution in [2.45, 2.75) is 0 Å². The van der Waals surface area contributed by atoms with Gasteiger partial charge in [-0.05, 0) is 17.7 Å². The maximum atomic E-state index is 13.6. The molecule has 0 bridgehead atoms. The first-order valence-corrected chi connectivity index (χ1v) is 4.41. The number of hydrogen-bond acceptors (Lipinski definition) is 2. The van der Waals surface area contributed by atoms with Crippen molar-refractivity contribution in [2.24, 2.45) is 0 Å². The third kappa shape index (κ3) is 1.74. The number of nitrogen functional groups attached to an aromatic ring is 1. The largest absolute Gasteiger partial charge is 0.396 e. The second-order valence-corrected chi connectivity index (χ2v) is 3.15. The predicted octanol–water partition coefficient (Wildman–Crippen LogP) is 1.76. The molecule has 0 aliphatic rings. The van der Waals surface area contributed by atoms with E-state index in [0.29, 0.717) is 11.1 Å². The van der Waals surface area contributed by atoms with Gasteiger partial charge < -0.3 is 10.7 Å². The molecule has 3 N–H and O–H groups in total. The predicted molar refractivity (Wildman–Crippen MR) is 56.9 cm³/mol. The molecule has 2 aromatic rings. The van der Waals surface area contributed by atoms with Gasteiger partial charge in [-0.2, -0.15) is 0 Å². The van der Waals surface area contributed by atoms with Gasteiger partial charge in [0, 0.05) is 17.8 Å². The van der Waals surface area contributed by atoms with E-state index in [9.17, 15) is 9.18 Å². The molecule has 0 atom stereocenters. The fourth-order valence-corrected chi connectivity index (χ4v) is 1.38. The Morgan fingerprint density at radius 2 is 2.07 bits per heavy atom. The van der Waals surface area contributed by atoms with Crippen molar-refractivity contribution in [1.82, 2.24) is 4.98 Å². The van der Waals surface area contributed by atoms with Gasteiger partial charge in [0.15, 0.2) is 5.82 Å². The molecule has 0 spiro atoms. The minimum absolute atomic E-state index is 0.0766. The van der Waals surface area contributed by atoms with Crippen LogP contribution in [-0.4, -0.2) is 4.98 Å². The molecule has 0 aliphatic heterocycles. The third-order valence-corrected chi connectivity index (χ3v) is 2.11. The quantitative estimate of drug-likeness (QED) is 0.695. The van der Waals surface area contributed by atoms with Crippen LogP contribution in [0.15, 0.2) is 41.3 Å². The highest BCUT2D eigenvalue weighted by Gasteiger charge is 2.07. The zero-order chi connectivity index (χ0) is 10.8. The van der Waals surface area contributed by atoms with Crippen LogP contribution >= 0.6 is 0 Å². The zero-order valence-electron chi connectivity index (χ0n) is 7.83. The summed E-state index contributed by atoms with van der Waals surface area (Å²) in [7, 11) is 0. The summed E-state index contributed by atoms with van der Waals surface area (Å²) in [6.45, 7) is 0. The Morgan fingerprint density at radius 3 is 2.80 bits per heavy atom. The van der Waals surface area contributed by atoms with Crippen molar-refractivity contribution in [2.75, 3.05) is 5.73 Å². The molecule has 2 rings (SSSR count). The van der Waals surface area contributed by atoms with E-state index in [1.54, 1.807) is 18.2 Å². The molecule has 3 nitrogen and oxygen atoms in total. The van der Waals surface area contributed by atoms with Crippen LogP contribution in [0, 0.1) is 5.82 Å². The van der Waals surface area contributed by atoms with Crippen LogP contribution in [0.5, 0.6) is 0 Å². The number of H-pyrrole nitrogens is 1. The summed E-state index contributed by atoms with van der Waals surface area (Å²) in [5.74, 6) is -0.497. The van der Waals surface area contributed by atoms with Crippen LogP contribution in [0.3, 0.4) is 0 Å². The highest BCUT2D eigenvalue weighted by Crippen LogP contribution is 2.24. The van der Waals surface area contributed by atoms with Gasteiger partial charge in [0.25, 0.3) is 0 Å². The van der Waals surface area contributed by atoms with Gasteiger partial charge in [-0.3, -0.25) is 4.79 Å². The average Bonchev–Trinajstić information content (AvgIpc) is 2.22. The lowest BCUT2D eigenvalue weighted by Crippen LogP contribution is -2.03. The molecule has 1 aromatic heterocycles. The van der Waals surface area contributed by atoms with Gasteiger partial charge in [0.2, 0.25) is 5.56 Å². The zero-order valence-corrected chi connectivity index (χ0v) is 7.83. The Hall–Kier alpha value is -2.10. The van der Waals surface area contributed by atoms with E-state index in [-0.39, 0.29) is 11.2 Å². The van der Waals surface area contributed by atoms with Gasteiger partial charge in [-0.1, -0.05) is 12.1 Å². The van der Waals surface area contributed by atoms with Crippen LogP contribution in [0.4, 0.5) is 10.1 Å². The van der Waals surface area contributed by atoms with E-state index in [0.717, 1.165) is 0 Å². The summed E-state index contributed by atoms with van der Waals surface area (Å²) in [6, 6.07) is 7.67. The van der Waals surface area contributed by atoms with Gasteiger partial charge in [0.1, 0.15) is 0 Å². The van der Waals surface area contributed by atoms with Crippen molar-refractivity contribution in [3.05, 3.63) is 52.7 Å². The Labute approximate surface area is 85.4 Å². The van der Waals surface area contributed by atoms with Crippen LogP contribution in [0.2, 0.25) is 0 Å². The lowest BCUT2D eigenvalue weighted by atomic mass is 10.1. The van der Waals surface area contributed by atoms with Crippen molar-refractivity contribution < 1.29 is 4.39 Å². The maximum absolute atomic E-state index is 13.6. The van der Waals surface area contributed by atoms with Gasteiger partial charge in [0.05, 0.1) is 5.69 Å². The first kappa shape index (κ1) is 9.45. The number of aromatic amines is 1. The SMILES string of the molecule is Nc1cccc(-c2cc[nH]c(=O)c2)c1F. The maximum Gasteiger partial charge on any atom is 0.248 e. The molecule has 0 unspecified atom stereocenters. The number of nitrogens with one attached hydrogen (secondary N) is 1. The minimum Gasteiger partial charge on any atom is -0.396 e. The van der Waals surface area contributed by atoms with E-state index >= 15 is 0 Å².